The van der Waals surface area contributed by atoms with Gasteiger partial charge in [-0.15, -0.1) is 0 Å². The van der Waals surface area contributed by atoms with Gasteiger partial charge in [-0.1, -0.05) is 20.8 Å². The van der Waals surface area contributed by atoms with E-state index in [1.165, 1.54) is 19.2 Å². The number of hydrogen-bond donors (Lipinski definition) is 1. The Morgan fingerprint density at radius 3 is 2.54 bits per heavy atom. The zero-order chi connectivity index (χ0) is 17.9. The van der Waals surface area contributed by atoms with E-state index in [0.29, 0.717) is 11.3 Å². The highest BCUT2D eigenvalue weighted by Gasteiger charge is 2.20. The molecule has 0 aliphatic heterocycles. The molecule has 1 N–H and O–H groups in total. The van der Waals surface area contributed by atoms with Crippen molar-refractivity contribution >= 4 is 17.3 Å². The first-order valence-corrected chi connectivity index (χ1v) is 7.32. The lowest BCUT2D eigenvalue weighted by Crippen LogP contribution is -2.17. The van der Waals surface area contributed by atoms with Gasteiger partial charge in [0.2, 0.25) is 0 Å². The number of rotatable bonds is 4. The van der Waals surface area contributed by atoms with Crippen LogP contribution in [0, 0.1) is 10.1 Å². The summed E-state index contributed by atoms with van der Waals surface area (Å²) in [6, 6.07) is 7.52. The number of pyridine rings is 1. The number of carbonyl (C=O) groups is 1. The molecule has 126 valence electrons. The summed E-state index contributed by atoms with van der Waals surface area (Å²) in [5, 5.41) is 13.8. The minimum Gasteiger partial charge on any atom is -0.496 e. The fourth-order valence-electron chi connectivity index (χ4n) is 2.07. The Morgan fingerprint density at radius 1 is 1.25 bits per heavy atom. The van der Waals surface area contributed by atoms with Crippen LogP contribution in [0.5, 0.6) is 5.75 Å². The third kappa shape index (κ3) is 3.87. The number of anilines is 1. The van der Waals surface area contributed by atoms with Gasteiger partial charge in [0.25, 0.3) is 11.6 Å². The standard InChI is InChI=1S/C17H19N3O4/c1-17(2,3)15-9-11(7-8-18-15)16(21)19-13-6-5-12(24-4)10-14(13)20(22)23/h5-10H,1-4H3,(H,19,21). The zero-order valence-electron chi connectivity index (χ0n) is 14.0. The number of nitrogens with one attached hydrogen (secondary N) is 1. The van der Waals surface area contributed by atoms with Crippen LogP contribution in [0.2, 0.25) is 0 Å². The van der Waals surface area contributed by atoms with E-state index in [9.17, 15) is 14.9 Å². The summed E-state index contributed by atoms with van der Waals surface area (Å²) >= 11 is 0. The molecule has 0 fully saturated rings. The summed E-state index contributed by atoms with van der Waals surface area (Å²) in [7, 11) is 1.42. The van der Waals surface area contributed by atoms with Crippen LogP contribution in [0.1, 0.15) is 36.8 Å². The molecule has 7 nitrogen and oxygen atoms in total. The molecule has 0 spiro atoms. The maximum atomic E-state index is 12.4. The molecule has 0 saturated heterocycles. The number of methoxy groups -OCH3 is 1. The lowest BCUT2D eigenvalue weighted by atomic mass is 9.91. The maximum Gasteiger partial charge on any atom is 0.296 e. The number of hydrogen-bond acceptors (Lipinski definition) is 5. The molecule has 1 amide bonds. The van der Waals surface area contributed by atoms with E-state index in [4.69, 9.17) is 4.74 Å². The first-order valence-electron chi connectivity index (χ1n) is 7.32. The van der Waals surface area contributed by atoms with E-state index in [1.807, 2.05) is 20.8 Å². The maximum absolute atomic E-state index is 12.4. The lowest BCUT2D eigenvalue weighted by molar-refractivity contribution is -0.384. The zero-order valence-corrected chi connectivity index (χ0v) is 14.0. The fraction of sp³-hybridized carbons (Fsp3) is 0.294. The smallest absolute Gasteiger partial charge is 0.296 e. The van der Waals surface area contributed by atoms with E-state index in [0.717, 1.165) is 5.69 Å². The van der Waals surface area contributed by atoms with Crippen LogP contribution in [-0.2, 0) is 5.41 Å². The van der Waals surface area contributed by atoms with E-state index in [1.54, 1.807) is 24.4 Å². The first-order chi connectivity index (χ1) is 11.2. The third-order valence-electron chi connectivity index (χ3n) is 3.44. The highest BCUT2D eigenvalue weighted by molar-refractivity contribution is 6.05. The Bertz CT molecular complexity index is 782. The Labute approximate surface area is 139 Å². The average molecular weight is 329 g/mol. The molecule has 0 atom stereocenters. The van der Waals surface area contributed by atoms with Gasteiger partial charge in [0.15, 0.2) is 0 Å². The third-order valence-corrected chi connectivity index (χ3v) is 3.44. The van der Waals surface area contributed by atoms with Gasteiger partial charge < -0.3 is 10.1 Å². The minimum atomic E-state index is -0.564. The van der Waals surface area contributed by atoms with E-state index in [-0.39, 0.29) is 16.8 Å². The van der Waals surface area contributed by atoms with Gasteiger partial charge in [-0.25, -0.2) is 0 Å². The Balaban J connectivity index is 2.32. The summed E-state index contributed by atoms with van der Waals surface area (Å²) in [4.78, 5) is 27.3. The lowest BCUT2D eigenvalue weighted by Gasteiger charge is -2.18. The molecular formula is C17H19N3O4. The largest absolute Gasteiger partial charge is 0.496 e. The number of benzene rings is 1. The molecule has 7 heteroatoms. The number of carbonyl (C=O) groups excluding carboxylic acids is 1. The van der Waals surface area contributed by atoms with Crippen molar-refractivity contribution in [1.82, 2.24) is 4.98 Å². The van der Waals surface area contributed by atoms with Crippen molar-refractivity contribution in [2.75, 3.05) is 12.4 Å². The molecule has 1 aromatic carbocycles. The van der Waals surface area contributed by atoms with Crippen LogP contribution in [0.4, 0.5) is 11.4 Å². The number of nitro benzene ring substituents is 1. The fourth-order valence-corrected chi connectivity index (χ4v) is 2.07. The second-order valence-corrected chi connectivity index (χ2v) is 6.27. The van der Waals surface area contributed by atoms with Crippen molar-refractivity contribution in [2.24, 2.45) is 0 Å². The summed E-state index contributed by atoms with van der Waals surface area (Å²) in [5.74, 6) is -0.0882. The van der Waals surface area contributed by atoms with Gasteiger partial charge in [0, 0.05) is 22.9 Å². The molecular weight excluding hydrogens is 310 g/mol. The predicted molar refractivity (Wildman–Crippen MR) is 90.5 cm³/mol. The summed E-state index contributed by atoms with van der Waals surface area (Å²) in [6.07, 6.45) is 1.55. The normalized spacial score (nSPS) is 11.0. The Kier molecular flexibility index (Phi) is 4.82. The van der Waals surface area contributed by atoms with Crippen molar-refractivity contribution in [2.45, 2.75) is 26.2 Å². The van der Waals surface area contributed by atoms with Crippen LogP contribution in [0.15, 0.2) is 36.5 Å². The summed E-state index contributed by atoms with van der Waals surface area (Å²) in [6.45, 7) is 5.97. The number of nitrogens with zero attached hydrogens (tertiary/aromatic N) is 2. The van der Waals surface area contributed by atoms with Gasteiger partial charge in [-0.3, -0.25) is 19.9 Å². The van der Waals surface area contributed by atoms with Crippen LogP contribution in [-0.4, -0.2) is 22.9 Å². The molecule has 24 heavy (non-hydrogen) atoms. The van der Waals surface area contributed by atoms with Crippen LogP contribution in [0.3, 0.4) is 0 Å². The number of nitro groups is 1. The molecule has 0 aliphatic carbocycles. The van der Waals surface area contributed by atoms with Gasteiger partial charge in [-0.2, -0.15) is 0 Å². The summed E-state index contributed by atoms with van der Waals surface area (Å²) < 4.78 is 4.98. The molecule has 0 saturated carbocycles. The highest BCUT2D eigenvalue weighted by atomic mass is 16.6. The quantitative estimate of drug-likeness (QED) is 0.684. The van der Waals surface area contributed by atoms with Crippen LogP contribution < -0.4 is 10.1 Å². The van der Waals surface area contributed by atoms with Crippen molar-refractivity contribution in [3.05, 3.63) is 57.9 Å². The van der Waals surface area contributed by atoms with Crippen LogP contribution >= 0.6 is 0 Å². The predicted octanol–water partition coefficient (Wildman–Crippen LogP) is 3.55. The average Bonchev–Trinajstić information content (AvgIpc) is 2.54. The SMILES string of the molecule is COc1ccc(NC(=O)c2ccnc(C(C)(C)C)c2)c([N+](=O)[O-])c1. The number of aromatic nitrogens is 1. The molecule has 0 aliphatic rings. The minimum absolute atomic E-state index is 0.111. The molecule has 1 heterocycles. The van der Waals surface area contributed by atoms with Crippen molar-refractivity contribution in [3.63, 3.8) is 0 Å². The van der Waals surface area contributed by atoms with Crippen molar-refractivity contribution < 1.29 is 14.5 Å². The van der Waals surface area contributed by atoms with E-state index < -0.39 is 10.8 Å². The van der Waals surface area contributed by atoms with Crippen molar-refractivity contribution in [3.8, 4) is 5.75 Å². The molecule has 0 unspecified atom stereocenters. The first kappa shape index (κ1) is 17.4. The molecule has 2 aromatic rings. The van der Waals surface area contributed by atoms with E-state index in [2.05, 4.69) is 10.3 Å². The molecule has 0 radical (unpaired) electrons. The van der Waals surface area contributed by atoms with Gasteiger partial charge >= 0.3 is 0 Å². The number of ether oxygens (including phenoxy) is 1. The molecule has 1 aromatic heterocycles. The number of amides is 1. The van der Waals surface area contributed by atoms with Gasteiger partial charge in [-0.05, 0) is 24.3 Å². The highest BCUT2D eigenvalue weighted by Crippen LogP contribution is 2.29. The molecule has 0 bridgehead atoms. The molecule has 2 rings (SSSR count). The van der Waals surface area contributed by atoms with Gasteiger partial charge in [0.05, 0.1) is 18.1 Å². The van der Waals surface area contributed by atoms with Crippen molar-refractivity contribution in [1.29, 1.82) is 0 Å². The Morgan fingerprint density at radius 2 is 1.96 bits per heavy atom. The Hall–Kier alpha value is -2.96. The monoisotopic (exact) mass is 329 g/mol. The topological polar surface area (TPSA) is 94.4 Å². The summed E-state index contributed by atoms with van der Waals surface area (Å²) in [5.41, 5.74) is 0.828. The van der Waals surface area contributed by atoms with Crippen LogP contribution in [0.25, 0.3) is 0 Å². The van der Waals surface area contributed by atoms with E-state index >= 15 is 0 Å². The second-order valence-electron chi connectivity index (χ2n) is 6.27. The van der Waals surface area contributed by atoms with Gasteiger partial charge in [0.1, 0.15) is 11.4 Å². The second kappa shape index (κ2) is 6.66.